The summed E-state index contributed by atoms with van der Waals surface area (Å²) in [6.07, 6.45) is 5.40. The zero-order valence-electron chi connectivity index (χ0n) is 9.33. The van der Waals surface area contributed by atoms with Gasteiger partial charge in [-0.1, -0.05) is 54.4 Å². The fourth-order valence-corrected chi connectivity index (χ4v) is 1.48. The highest BCUT2D eigenvalue weighted by Gasteiger charge is 2.13. The van der Waals surface area contributed by atoms with Gasteiger partial charge in [-0.3, -0.25) is 0 Å². The zero-order valence-corrected chi connectivity index (χ0v) is 9.33. The standard InChI is InChI=1S/C9H20.C2H6/c1-5-7-9(3,4)8-6-2;1-2/h5-8H2,1-4H3;1-2H3. The highest BCUT2D eigenvalue weighted by Crippen LogP contribution is 2.27. The van der Waals surface area contributed by atoms with Crippen molar-refractivity contribution in [1.29, 1.82) is 0 Å². The molecule has 70 valence electrons. The van der Waals surface area contributed by atoms with Crippen molar-refractivity contribution in [2.75, 3.05) is 0 Å². The van der Waals surface area contributed by atoms with Crippen LogP contribution in [0.1, 0.15) is 67.2 Å². The highest BCUT2D eigenvalue weighted by atomic mass is 14.2. The van der Waals surface area contributed by atoms with Crippen LogP contribution in [0.3, 0.4) is 0 Å². The van der Waals surface area contributed by atoms with Crippen LogP contribution >= 0.6 is 0 Å². The Morgan fingerprint density at radius 1 is 0.818 bits per heavy atom. The summed E-state index contributed by atoms with van der Waals surface area (Å²) in [5, 5.41) is 0. The number of hydrogen-bond acceptors (Lipinski definition) is 0. The molecule has 0 nitrogen and oxygen atoms in total. The van der Waals surface area contributed by atoms with Gasteiger partial charge in [0.05, 0.1) is 0 Å². The summed E-state index contributed by atoms with van der Waals surface area (Å²) < 4.78 is 0. The van der Waals surface area contributed by atoms with Crippen molar-refractivity contribution in [3.8, 4) is 0 Å². The Hall–Kier alpha value is 0. The maximum absolute atomic E-state index is 2.36. The molecule has 0 saturated carbocycles. The zero-order chi connectivity index (χ0) is 9.33. The predicted octanol–water partition coefficient (Wildman–Crippen LogP) is 4.64. The maximum atomic E-state index is 2.36. The third kappa shape index (κ3) is 10.0. The summed E-state index contributed by atoms with van der Waals surface area (Å²) in [7, 11) is 0. The van der Waals surface area contributed by atoms with Gasteiger partial charge in [-0.15, -0.1) is 0 Å². The first-order valence-electron chi connectivity index (χ1n) is 5.12. The molecule has 0 aliphatic heterocycles. The largest absolute Gasteiger partial charge is 0.0683 e. The number of hydrogen-bond donors (Lipinski definition) is 0. The Morgan fingerprint density at radius 2 is 1.09 bits per heavy atom. The Labute approximate surface area is 73.4 Å². The average Bonchev–Trinajstić information content (AvgIpc) is 1.91. The third-order valence-corrected chi connectivity index (χ3v) is 1.85. The van der Waals surface area contributed by atoms with E-state index in [2.05, 4.69) is 27.7 Å². The van der Waals surface area contributed by atoms with Crippen LogP contribution in [0.2, 0.25) is 0 Å². The van der Waals surface area contributed by atoms with Crippen molar-refractivity contribution in [2.45, 2.75) is 67.2 Å². The summed E-state index contributed by atoms with van der Waals surface area (Å²) in [4.78, 5) is 0. The summed E-state index contributed by atoms with van der Waals surface area (Å²) >= 11 is 0. The molecule has 0 fully saturated rings. The van der Waals surface area contributed by atoms with E-state index in [4.69, 9.17) is 0 Å². The Kier molecular flexibility index (Phi) is 10.0. The summed E-state index contributed by atoms with van der Waals surface area (Å²) in [5.41, 5.74) is 0.601. The lowest BCUT2D eigenvalue weighted by Crippen LogP contribution is -2.09. The van der Waals surface area contributed by atoms with Gasteiger partial charge in [0.2, 0.25) is 0 Å². The molecule has 0 radical (unpaired) electrons. The van der Waals surface area contributed by atoms with E-state index < -0.39 is 0 Å². The molecule has 0 heteroatoms. The minimum Gasteiger partial charge on any atom is -0.0683 e. The van der Waals surface area contributed by atoms with E-state index in [-0.39, 0.29) is 0 Å². The molecule has 0 aliphatic rings. The third-order valence-electron chi connectivity index (χ3n) is 1.85. The molecule has 0 rings (SSSR count). The first kappa shape index (κ1) is 13.6. The van der Waals surface area contributed by atoms with Gasteiger partial charge in [0.25, 0.3) is 0 Å². The van der Waals surface area contributed by atoms with E-state index in [9.17, 15) is 0 Å². The molecule has 0 aromatic heterocycles. The van der Waals surface area contributed by atoms with Crippen LogP contribution in [-0.2, 0) is 0 Å². The first-order valence-corrected chi connectivity index (χ1v) is 5.12. The van der Waals surface area contributed by atoms with E-state index in [0.29, 0.717) is 5.41 Å². The second-order valence-electron chi connectivity index (χ2n) is 3.66. The molecule has 0 bridgehead atoms. The summed E-state index contributed by atoms with van der Waals surface area (Å²) in [6.45, 7) is 13.2. The Balaban J connectivity index is 0. The van der Waals surface area contributed by atoms with Gasteiger partial charge in [-0.2, -0.15) is 0 Å². The first-order chi connectivity index (χ1) is 5.12. The van der Waals surface area contributed by atoms with Crippen LogP contribution in [0.5, 0.6) is 0 Å². The molecule has 0 atom stereocenters. The Bertz CT molecular complexity index is 54.4. The van der Waals surface area contributed by atoms with Crippen LogP contribution in [0, 0.1) is 5.41 Å². The molecule has 0 spiro atoms. The molecule has 0 heterocycles. The fourth-order valence-electron chi connectivity index (χ4n) is 1.48. The van der Waals surface area contributed by atoms with Crippen molar-refractivity contribution in [3.05, 3.63) is 0 Å². The molecule has 11 heavy (non-hydrogen) atoms. The fraction of sp³-hybridized carbons (Fsp3) is 1.00. The van der Waals surface area contributed by atoms with E-state index in [0.717, 1.165) is 0 Å². The molecule has 0 saturated heterocycles. The van der Waals surface area contributed by atoms with E-state index in [1.165, 1.54) is 25.7 Å². The van der Waals surface area contributed by atoms with Crippen LogP contribution in [0.15, 0.2) is 0 Å². The second kappa shape index (κ2) is 8.10. The monoisotopic (exact) mass is 158 g/mol. The Morgan fingerprint density at radius 3 is 1.27 bits per heavy atom. The molecule has 0 N–H and O–H groups in total. The lowest BCUT2D eigenvalue weighted by atomic mass is 9.84. The lowest BCUT2D eigenvalue weighted by molar-refractivity contribution is 0.301. The molecular weight excluding hydrogens is 132 g/mol. The highest BCUT2D eigenvalue weighted by molar-refractivity contribution is 4.66. The number of rotatable bonds is 4. The molecular formula is C11H26. The van der Waals surface area contributed by atoms with Crippen LogP contribution in [-0.4, -0.2) is 0 Å². The smallest absolute Gasteiger partial charge is 0.0354 e. The SMILES string of the molecule is CC.CCCC(C)(C)CCC. The van der Waals surface area contributed by atoms with Gasteiger partial charge in [0.1, 0.15) is 0 Å². The maximum Gasteiger partial charge on any atom is -0.0354 e. The molecule has 0 aliphatic carbocycles. The van der Waals surface area contributed by atoms with Crippen LogP contribution in [0.25, 0.3) is 0 Å². The van der Waals surface area contributed by atoms with Crippen molar-refractivity contribution >= 4 is 0 Å². The van der Waals surface area contributed by atoms with Gasteiger partial charge in [0.15, 0.2) is 0 Å². The van der Waals surface area contributed by atoms with E-state index in [1.54, 1.807) is 0 Å². The topological polar surface area (TPSA) is 0 Å². The average molecular weight is 158 g/mol. The summed E-state index contributed by atoms with van der Waals surface area (Å²) in [6, 6.07) is 0. The summed E-state index contributed by atoms with van der Waals surface area (Å²) in [5.74, 6) is 0. The van der Waals surface area contributed by atoms with E-state index in [1.807, 2.05) is 13.8 Å². The minimum absolute atomic E-state index is 0.601. The van der Waals surface area contributed by atoms with Crippen LogP contribution in [0.4, 0.5) is 0 Å². The van der Waals surface area contributed by atoms with Gasteiger partial charge in [-0.25, -0.2) is 0 Å². The lowest BCUT2D eigenvalue weighted by Gasteiger charge is -2.22. The molecule has 0 amide bonds. The molecule has 0 aromatic rings. The van der Waals surface area contributed by atoms with Gasteiger partial charge in [-0.05, 0) is 18.3 Å². The van der Waals surface area contributed by atoms with Crippen molar-refractivity contribution in [2.24, 2.45) is 5.41 Å². The minimum atomic E-state index is 0.601. The van der Waals surface area contributed by atoms with Crippen LogP contribution < -0.4 is 0 Å². The van der Waals surface area contributed by atoms with E-state index >= 15 is 0 Å². The van der Waals surface area contributed by atoms with Gasteiger partial charge >= 0.3 is 0 Å². The van der Waals surface area contributed by atoms with Gasteiger partial charge < -0.3 is 0 Å². The molecule has 0 unspecified atom stereocenters. The molecule has 0 aromatic carbocycles. The predicted molar refractivity (Wildman–Crippen MR) is 54.9 cm³/mol. The normalized spacial score (nSPS) is 10.4. The van der Waals surface area contributed by atoms with Crippen molar-refractivity contribution < 1.29 is 0 Å². The van der Waals surface area contributed by atoms with Crippen molar-refractivity contribution in [1.82, 2.24) is 0 Å². The van der Waals surface area contributed by atoms with Gasteiger partial charge in [0, 0.05) is 0 Å². The quantitative estimate of drug-likeness (QED) is 0.559. The second-order valence-corrected chi connectivity index (χ2v) is 3.66. The van der Waals surface area contributed by atoms with Crippen molar-refractivity contribution in [3.63, 3.8) is 0 Å².